The summed E-state index contributed by atoms with van der Waals surface area (Å²) >= 11 is 3.50. The summed E-state index contributed by atoms with van der Waals surface area (Å²) in [6, 6.07) is 6.14. The fourth-order valence-corrected chi connectivity index (χ4v) is 3.49. The third kappa shape index (κ3) is 7.75. The minimum Gasteiger partial charge on any atom is -0.496 e. The number of aliphatic imine (C=N–C) groups is 1. The van der Waals surface area contributed by atoms with Crippen LogP contribution in [0.4, 0.5) is 0 Å². The van der Waals surface area contributed by atoms with Crippen LogP contribution in [0.15, 0.2) is 27.7 Å². The number of benzene rings is 1. The first-order valence-corrected chi connectivity index (χ1v) is 10.0. The van der Waals surface area contributed by atoms with E-state index in [2.05, 4.69) is 41.4 Å². The Morgan fingerprint density at radius 2 is 1.96 bits per heavy atom. The summed E-state index contributed by atoms with van der Waals surface area (Å²) in [6.07, 6.45) is 0. The molecule has 1 aromatic rings. The average molecular weight is 568 g/mol. The van der Waals surface area contributed by atoms with E-state index in [0.717, 1.165) is 47.9 Å². The fourth-order valence-electron chi connectivity index (χ4n) is 3.08. The lowest BCUT2D eigenvalue weighted by Gasteiger charge is -2.36. The maximum Gasteiger partial charge on any atom is 0.234 e. The zero-order valence-corrected chi connectivity index (χ0v) is 20.9. The topological polar surface area (TPSA) is 69.2 Å². The summed E-state index contributed by atoms with van der Waals surface area (Å²) < 4.78 is 6.45. The van der Waals surface area contributed by atoms with Crippen molar-refractivity contribution in [1.82, 2.24) is 20.4 Å². The van der Waals surface area contributed by atoms with Gasteiger partial charge < -0.3 is 20.3 Å². The molecule has 1 fully saturated rings. The first kappa shape index (κ1) is 25.0. The predicted molar refractivity (Wildman–Crippen MR) is 128 cm³/mol. The maximum absolute atomic E-state index is 11.9. The highest BCUT2D eigenvalue weighted by molar-refractivity contribution is 14.0. The van der Waals surface area contributed by atoms with Crippen molar-refractivity contribution in [3.63, 3.8) is 0 Å². The summed E-state index contributed by atoms with van der Waals surface area (Å²) in [7, 11) is 3.47. The van der Waals surface area contributed by atoms with E-state index in [0.29, 0.717) is 13.1 Å². The number of piperazine rings is 1. The van der Waals surface area contributed by atoms with Gasteiger partial charge in [0.05, 0.1) is 13.7 Å². The molecule has 0 saturated carbocycles. The number of rotatable bonds is 6. The highest BCUT2D eigenvalue weighted by Crippen LogP contribution is 2.22. The van der Waals surface area contributed by atoms with Crippen molar-refractivity contribution in [3.05, 3.63) is 28.2 Å². The molecule has 1 aliphatic heterocycles. The zero-order valence-electron chi connectivity index (χ0n) is 17.0. The molecule has 0 bridgehead atoms. The number of carbonyl (C=O) groups is 1. The molecule has 0 unspecified atom stereocenters. The van der Waals surface area contributed by atoms with Crippen molar-refractivity contribution >= 4 is 51.8 Å². The summed E-state index contributed by atoms with van der Waals surface area (Å²) in [5, 5.41) is 6.36. The van der Waals surface area contributed by atoms with Crippen LogP contribution in [0.25, 0.3) is 0 Å². The van der Waals surface area contributed by atoms with Crippen LogP contribution in [-0.2, 0) is 11.3 Å². The van der Waals surface area contributed by atoms with Crippen molar-refractivity contribution in [1.29, 1.82) is 0 Å². The normalized spacial score (nSPS) is 15.2. The first-order chi connectivity index (χ1) is 12.9. The van der Waals surface area contributed by atoms with E-state index in [1.165, 1.54) is 0 Å². The van der Waals surface area contributed by atoms with Crippen LogP contribution in [0.5, 0.6) is 5.75 Å². The Labute approximate surface area is 193 Å². The molecule has 1 amide bonds. The minimum atomic E-state index is 0. The zero-order chi connectivity index (χ0) is 19.8. The Balaban J connectivity index is 0.00000392. The van der Waals surface area contributed by atoms with Crippen LogP contribution < -0.4 is 15.4 Å². The second-order valence-corrected chi connectivity index (χ2v) is 7.76. The molecule has 28 heavy (non-hydrogen) atoms. The highest BCUT2D eigenvalue weighted by atomic mass is 127. The van der Waals surface area contributed by atoms with Crippen molar-refractivity contribution in [2.45, 2.75) is 26.4 Å². The average Bonchev–Trinajstić information content (AvgIpc) is 2.63. The quantitative estimate of drug-likeness (QED) is 0.314. The molecule has 0 aromatic heterocycles. The van der Waals surface area contributed by atoms with Crippen molar-refractivity contribution in [3.8, 4) is 5.75 Å². The molecule has 9 heteroatoms. The number of guanidine groups is 1. The molecule has 0 aliphatic carbocycles. The van der Waals surface area contributed by atoms with E-state index in [9.17, 15) is 4.79 Å². The molecule has 0 radical (unpaired) electrons. The Morgan fingerprint density at radius 3 is 2.54 bits per heavy atom. The van der Waals surface area contributed by atoms with Crippen molar-refractivity contribution in [2.75, 3.05) is 46.9 Å². The molecule has 1 saturated heterocycles. The molecular formula is C19H31BrIN5O2. The summed E-state index contributed by atoms with van der Waals surface area (Å²) in [6.45, 7) is 8.39. The van der Waals surface area contributed by atoms with Gasteiger partial charge in [-0.3, -0.25) is 14.7 Å². The Hall–Kier alpha value is -1.07. The van der Waals surface area contributed by atoms with Gasteiger partial charge in [-0.15, -0.1) is 24.0 Å². The van der Waals surface area contributed by atoms with Crippen LogP contribution in [0.2, 0.25) is 0 Å². The lowest BCUT2D eigenvalue weighted by molar-refractivity contribution is -0.123. The largest absolute Gasteiger partial charge is 0.496 e. The Morgan fingerprint density at radius 1 is 1.29 bits per heavy atom. The Bertz CT molecular complexity index is 664. The molecule has 2 rings (SSSR count). The Kier molecular flexibility index (Phi) is 11.1. The van der Waals surface area contributed by atoms with Gasteiger partial charge in [0.2, 0.25) is 5.91 Å². The lowest BCUT2D eigenvalue weighted by atomic mass is 10.2. The number of nitrogens with one attached hydrogen (secondary N) is 2. The number of methoxy groups -OCH3 is 1. The summed E-state index contributed by atoms with van der Waals surface area (Å²) in [5.41, 5.74) is 1.07. The van der Waals surface area contributed by atoms with Gasteiger partial charge in [-0.2, -0.15) is 0 Å². The van der Waals surface area contributed by atoms with Crippen LogP contribution in [0, 0.1) is 0 Å². The van der Waals surface area contributed by atoms with Gasteiger partial charge in [0.25, 0.3) is 0 Å². The first-order valence-electron chi connectivity index (χ1n) is 9.22. The number of nitrogens with zero attached hydrogens (tertiary/aromatic N) is 3. The molecule has 2 N–H and O–H groups in total. The van der Waals surface area contributed by atoms with Crippen LogP contribution in [0.3, 0.4) is 0 Å². The predicted octanol–water partition coefficient (Wildman–Crippen LogP) is 2.29. The molecular weight excluding hydrogens is 537 g/mol. The van der Waals surface area contributed by atoms with E-state index in [1.807, 2.05) is 32.0 Å². The number of hydrogen-bond acceptors (Lipinski definition) is 4. The van der Waals surface area contributed by atoms with Crippen molar-refractivity contribution in [2.24, 2.45) is 4.99 Å². The number of hydrogen-bond donors (Lipinski definition) is 2. The monoisotopic (exact) mass is 567 g/mol. The molecule has 158 valence electrons. The molecule has 0 atom stereocenters. The highest BCUT2D eigenvalue weighted by Gasteiger charge is 2.21. The van der Waals surface area contributed by atoms with Gasteiger partial charge in [0.15, 0.2) is 5.96 Å². The van der Waals surface area contributed by atoms with E-state index < -0.39 is 0 Å². The number of ether oxygens (including phenoxy) is 1. The molecule has 7 nitrogen and oxygen atoms in total. The summed E-state index contributed by atoms with van der Waals surface area (Å²) in [4.78, 5) is 20.7. The van der Waals surface area contributed by atoms with Gasteiger partial charge in [0, 0.05) is 55.8 Å². The van der Waals surface area contributed by atoms with E-state index in [-0.39, 0.29) is 35.9 Å². The third-order valence-electron chi connectivity index (χ3n) is 4.38. The number of amides is 1. The molecule has 1 aromatic carbocycles. The van der Waals surface area contributed by atoms with Crippen LogP contribution in [0.1, 0.15) is 19.4 Å². The van der Waals surface area contributed by atoms with Crippen LogP contribution >= 0.6 is 39.9 Å². The van der Waals surface area contributed by atoms with Gasteiger partial charge in [0.1, 0.15) is 5.75 Å². The van der Waals surface area contributed by atoms with Gasteiger partial charge in [-0.05, 0) is 32.0 Å². The summed E-state index contributed by atoms with van der Waals surface area (Å²) in [5.74, 6) is 1.80. The minimum absolute atomic E-state index is 0. The maximum atomic E-state index is 11.9. The third-order valence-corrected chi connectivity index (χ3v) is 4.87. The molecule has 0 spiro atoms. The number of halogens is 2. The van der Waals surface area contributed by atoms with E-state index in [4.69, 9.17) is 4.74 Å². The van der Waals surface area contributed by atoms with E-state index in [1.54, 1.807) is 14.2 Å². The second kappa shape index (κ2) is 12.5. The van der Waals surface area contributed by atoms with Gasteiger partial charge in [-0.1, -0.05) is 15.9 Å². The lowest BCUT2D eigenvalue weighted by Crippen LogP contribution is -2.54. The van der Waals surface area contributed by atoms with Gasteiger partial charge >= 0.3 is 0 Å². The van der Waals surface area contributed by atoms with E-state index >= 15 is 0 Å². The fraction of sp³-hybridized carbons (Fsp3) is 0.579. The van der Waals surface area contributed by atoms with Gasteiger partial charge in [-0.25, -0.2) is 0 Å². The standard InChI is InChI=1S/C19H30BrN5O2.HI/c1-14(2)23-18(26)13-24-7-9-25(10-8-24)19(21-3)22-12-15-11-16(20)5-6-17(15)27-4;/h5-6,11,14H,7-10,12-13H2,1-4H3,(H,21,22)(H,23,26);1H. The SMILES string of the molecule is CN=C(NCc1cc(Br)ccc1OC)N1CCN(CC(=O)NC(C)C)CC1.I. The van der Waals surface area contributed by atoms with Crippen molar-refractivity contribution < 1.29 is 9.53 Å². The molecule has 1 heterocycles. The molecule has 1 aliphatic rings. The van der Waals surface area contributed by atoms with Crippen LogP contribution in [-0.4, -0.2) is 74.6 Å². The second-order valence-electron chi connectivity index (χ2n) is 6.84. The number of carbonyl (C=O) groups excluding carboxylic acids is 1. The smallest absolute Gasteiger partial charge is 0.234 e.